The van der Waals surface area contributed by atoms with Gasteiger partial charge in [-0.15, -0.1) is 0 Å². The van der Waals surface area contributed by atoms with E-state index in [1.807, 2.05) is 19.1 Å². The van der Waals surface area contributed by atoms with Gasteiger partial charge in [-0.05, 0) is 41.8 Å². The van der Waals surface area contributed by atoms with E-state index in [2.05, 4.69) is 20.9 Å². The van der Waals surface area contributed by atoms with Gasteiger partial charge in [0.25, 0.3) is 0 Å². The summed E-state index contributed by atoms with van der Waals surface area (Å²) in [6, 6.07) is 8.92. The normalized spacial score (nSPS) is 11.8. The van der Waals surface area contributed by atoms with E-state index in [0.717, 1.165) is 15.6 Å². The molecule has 1 aromatic heterocycles. The third-order valence-corrected chi connectivity index (χ3v) is 5.62. The quantitative estimate of drug-likeness (QED) is 0.813. The lowest BCUT2D eigenvalue weighted by molar-refractivity contribution is 0.465. The fraction of sp³-hybridized carbons (Fsp3) is 0.267. The number of benzene rings is 1. The Morgan fingerprint density at radius 2 is 2.05 bits per heavy atom. The molecule has 0 fully saturated rings. The summed E-state index contributed by atoms with van der Waals surface area (Å²) in [4.78, 5) is 4.37. The molecule has 2 aromatic rings. The van der Waals surface area contributed by atoms with Crippen molar-refractivity contribution in [2.75, 3.05) is 7.05 Å². The minimum Gasteiger partial charge on any atom is -0.264 e. The van der Waals surface area contributed by atoms with E-state index in [-0.39, 0.29) is 0 Å². The van der Waals surface area contributed by atoms with Crippen LogP contribution in [0.15, 0.2) is 52.1 Å². The molecule has 6 heteroatoms. The number of aromatic nitrogens is 1. The van der Waals surface area contributed by atoms with E-state index in [9.17, 15) is 8.42 Å². The number of rotatable bonds is 5. The van der Waals surface area contributed by atoms with Crippen LogP contribution in [0.5, 0.6) is 0 Å². The predicted molar refractivity (Wildman–Crippen MR) is 86.4 cm³/mol. The van der Waals surface area contributed by atoms with Gasteiger partial charge in [0.05, 0.1) is 4.90 Å². The highest BCUT2D eigenvalue weighted by molar-refractivity contribution is 9.10. The maximum absolute atomic E-state index is 12.7. The van der Waals surface area contributed by atoms with Crippen LogP contribution >= 0.6 is 15.9 Å². The van der Waals surface area contributed by atoms with Crippen molar-refractivity contribution in [1.82, 2.24) is 9.29 Å². The molecule has 0 aliphatic heterocycles. The van der Waals surface area contributed by atoms with Crippen LogP contribution < -0.4 is 0 Å². The topological polar surface area (TPSA) is 50.3 Å². The number of hydrogen-bond acceptors (Lipinski definition) is 3. The maximum atomic E-state index is 12.7. The van der Waals surface area contributed by atoms with Gasteiger partial charge in [-0.2, -0.15) is 4.31 Å². The Hall–Kier alpha value is -1.24. The van der Waals surface area contributed by atoms with E-state index in [1.54, 1.807) is 37.6 Å². The number of nitrogens with zero attached hydrogens (tertiary/aromatic N) is 2. The second kappa shape index (κ2) is 6.68. The standard InChI is InChI=1S/C15H17BrN2O2S/c1-3-13-9-14(16)6-7-15(13)21(19,20)18(2)11-12-5-4-8-17-10-12/h4-10H,3,11H2,1-2H3. The molecule has 0 saturated heterocycles. The molecule has 1 heterocycles. The maximum Gasteiger partial charge on any atom is 0.243 e. The van der Waals surface area contributed by atoms with Crippen molar-refractivity contribution >= 4 is 26.0 Å². The first-order valence-electron chi connectivity index (χ1n) is 6.59. The lowest BCUT2D eigenvalue weighted by atomic mass is 10.2. The minimum absolute atomic E-state index is 0.301. The first-order valence-corrected chi connectivity index (χ1v) is 8.82. The second-order valence-electron chi connectivity index (χ2n) is 4.73. The molecule has 0 aliphatic carbocycles. The Morgan fingerprint density at radius 3 is 2.67 bits per heavy atom. The van der Waals surface area contributed by atoms with E-state index in [0.29, 0.717) is 17.9 Å². The van der Waals surface area contributed by atoms with Gasteiger partial charge >= 0.3 is 0 Å². The third-order valence-electron chi connectivity index (χ3n) is 3.22. The largest absolute Gasteiger partial charge is 0.264 e. The second-order valence-corrected chi connectivity index (χ2v) is 7.66. The Bertz CT molecular complexity index is 718. The average molecular weight is 369 g/mol. The van der Waals surface area contributed by atoms with Crippen molar-refractivity contribution in [1.29, 1.82) is 0 Å². The molecule has 0 saturated carbocycles. The van der Waals surface area contributed by atoms with E-state index in [4.69, 9.17) is 0 Å². The molecular weight excluding hydrogens is 352 g/mol. The van der Waals surface area contributed by atoms with Crippen LogP contribution in [0.1, 0.15) is 18.1 Å². The highest BCUT2D eigenvalue weighted by Gasteiger charge is 2.23. The van der Waals surface area contributed by atoms with Gasteiger partial charge in [0.1, 0.15) is 0 Å². The van der Waals surface area contributed by atoms with E-state index in [1.165, 1.54) is 4.31 Å². The summed E-state index contributed by atoms with van der Waals surface area (Å²) in [5, 5.41) is 0. The highest BCUT2D eigenvalue weighted by Crippen LogP contribution is 2.24. The molecule has 0 aliphatic rings. The highest BCUT2D eigenvalue weighted by atomic mass is 79.9. The smallest absolute Gasteiger partial charge is 0.243 e. The van der Waals surface area contributed by atoms with Gasteiger partial charge < -0.3 is 0 Å². The SMILES string of the molecule is CCc1cc(Br)ccc1S(=O)(=O)N(C)Cc1cccnc1. The van der Waals surface area contributed by atoms with Crippen molar-refractivity contribution in [3.05, 3.63) is 58.3 Å². The van der Waals surface area contributed by atoms with Gasteiger partial charge in [-0.3, -0.25) is 4.98 Å². The van der Waals surface area contributed by atoms with Gasteiger partial charge in [0.2, 0.25) is 10.0 Å². The van der Waals surface area contributed by atoms with Crippen molar-refractivity contribution in [2.24, 2.45) is 0 Å². The first kappa shape index (κ1) is 16.1. The Labute approximate surface area is 134 Å². The number of aryl methyl sites for hydroxylation is 1. The molecule has 0 bridgehead atoms. The summed E-state index contributed by atoms with van der Waals surface area (Å²) in [6.45, 7) is 2.25. The summed E-state index contributed by atoms with van der Waals surface area (Å²) in [5.74, 6) is 0. The fourth-order valence-electron chi connectivity index (χ4n) is 2.08. The van der Waals surface area contributed by atoms with Crippen molar-refractivity contribution < 1.29 is 8.42 Å². The lowest BCUT2D eigenvalue weighted by Crippen LogP contribution is -2.27. The molecule has 21 heavy (non-hydrogen) atoms. The summed E-state index contributed by atoms with van der Waals surface area (Å²) >= 11 is 3.38. The van der Waals surface area contributed by atoms with Crippen LogP contribution in [0.2, 0.25) is 0 Å². The van der Waals surface area contributed by atoms with Crippen LogP contribution in [0, 0.1) is 0 Å². The fourth-order valence-corrected chi connectivity index (χ4v) is 3.92. The third kappa shape index (κ3) is 3.70. The summed E-state index contributed by atoms with van der Waals surface area (Å²) in [6.07, 6.45) is 4.00. The summed E-state index contributed by atoms with van der Waals surface area (Å²) in [7, 11) is -1.92. The Balaban J connectivity index is 2.33. The van der Waals surface area contributed by atoms with E-state index < -0.39 is 10.0 Å². The molecule has 112 valence electrons. The molecule has 0 atom stereocenters. The van der Waals surface area contributed by atoms with Crippen molar-refractivity contribution in [3.8, 4) is 0 Å². The minimum atomic E-state index is -3.51. The van der Waals surface area contributed by atoms with Crippen molar-refractivity contribution in [3.63, 3.8) is 0 Å². The number of hydrogen-bond donors (Lipinski definition) is 0. The Kier molecular flexibility index (Phi) is 5.13. The molecule has 1 aromatic carbocycles. The van der Waals surface area contributed by atoms with Gasteiger partial charge in [0.15, 0.2) is 0 Å². The predicted octanol–water partition coefficient (Wildman–Crippen LogP) is 3.23. The van der Waals surface area contributed by atoms with Crippen LogP contribution in [-0.4, -0.2) is 24.8 Å². The number of halogens is 1. The van der Waals surface area contributed by atoms with Gasteiger partial charge in [-0.25, -0.2) is 8.42 Å². The molecule has 0 N–H and O–H groups in total. The van der Waals surface area contributed by atoms with Crippen LogP contribution in [0.4, 0.5) is 0 Å². The molecule has 0 radical (unpaired) electrons. The van der Waals surface area contributed by atoms with Gasteiger partial charge in [0, 0.05) is 30.5 Å². The van der Waals surface area contributed by atoms with Crippen molar-refractivity contribution in [2.45, 2.75) is 24.8 Å². The van der Waals surface area contributed by atoms with Crippen LogP contribution in [-0.2, 0) is 23.0 Å². The Morgan fingerprint density at radius 1 is 1.29 bits per heavy atom. The first-order chi connectivity index (χ1) is 9.95. The molecule has 0 amide bonds. The van der Waals surface area contributed by atoms with Crippen LogP contribution in [0.3, 0.4) is 0 Å². The average Bonchev–Trinajstić information content (AvgIpc) is 2.47. The summed E-state index contributed by atoms with van der Waals surface area (Å²) in [5.41, 5.74) is 1.67. The molecule has 2 rings (SSSR count). The van der Waals surface area contributed by atoms with Gasteiger partial charge in [-0.1, -0.05) is 28.9 Å². The molecule has 4 nitrogen and oxygen atoms in total. The van der Waals surface area contributed by atoms with E-state index >= 15 is 0 Å². The molecular formula is C15H17BrN2O2S. The summed E-state index contributed by atoms with van der Waals surface area (Å²) < 4.78 is 27.7. The molecule has 0 unspecified atom stereocenters. The number of sulfonamides is 1. The zero-order chi connectivity index (χ0) is 15.5. The molecule has 0 spiro atoms. The van der Waals surface area contributed by atoms with Crippen LogP contribution in [0.25, 0.3) is 0 Å². The zero-order valence-corrected chi connectivity index (χ0v) is 14.4. The monoisotopic (exact) mass is 368 g/mol. The zero-order valence-electron chi connectivity index (χ0n) is 12.0. The lowest BCUT2D eigenvalue weighted by Gasteiger charge is -2.19. The number of pyridine rings is 1.